The molecule has 0 amide bonds. The molecule has 8 rings (SSSR count). The first-order valence-corrected chi connectivity index (χ1v) is 17.9. The molecule has 8 aromatic rings. The summed E-state index contributed by atoms with van der Waals surface area (Å²) in [5.41, 5.74) is 17.6. The van der Waals surface area contributed by atoms with Gasteiger partial charge in [0.25, 0.3) is 0 Å². The van der Waals surface area contributed by atoms with E-state index in [0.717, 1.165) is 39.0 Å². The summed E-state index contributed by atoms with van der Waals surface area (Å²) >= 11 is 0. The molecule has 0 fully saturated rings. The molecule has 0 spiro atoms. The largest absolute Gasteiger partial charge is 0.309 e. The fourth-order valence-corrected chi connectivity index (χ4v) is 6.93. The summed E-state index contributed by atoms with van der Waals surface area (Å²) in [5, 5.41) is 1.10. The highest BCUT2D eigenvalue weighted by Crippen LogP contribution is 2.36. The predicted molar refractivity (Wildman–Crippen MR) is 224 cm³/mol. The van der Waals surface area contributed by atoms with E-state index < -0.39 is 0 Å². The van der Waals surface area contributed by atoms with Crippen molar-refractivity contribution in [3.8, 4) is 50.2 Å². The molecule has 0 saturated heterocycles. The number of pyridine rings is 3. The topological polar surface area (TPSA) is 43.6 Å². The molecule has 258 valence electrons. The first-order chi connectivity index (χ1) is 25.9. The highest BCUT2D eigenvalue weighted by Gasteiger charge is 2.16. The molecular formula is C49H42N4. The SMILES string of the molecule is C=Cc1c(/C=C\C)n(-c2cc(C)cc(-c3cc(-c4ccccc4)cc(-c4ccccc4)c3)c2)c2ccncc12.Cc1ccncc1-c1cnccc1C. The third-order valence-electron chi connectivity index (χ3n) is 9.54. The van der Waals surface area contributed by atoms with Gasteiger partial charge in [0, 0.05) is 64.9 Å². The molecule has 0 aliphatic carbocycles. The minimum absolute atomic E-state index is 1.09. The second-order valence-corrected chi connectivity index (χ2v) is 13.2. The molecular weight excluding hydrogens is 645 g/mol. The number of allylic oxidation sites excluding steroid dienone is 1. The maximum Gasteiger partial charge on any atom is 0.0571 e. The lowest BCUT2D eigenvalue weighted by Crippen LogP contribution is -1.99. The molecule has 0 bridgehead atoms. The van der Waals surface area contributed by atoms with E-state index in [4.69, 9.17) is 0 Å². The van der Waals surface area contributed by atoms with Crippen molar-refractivity contribution in [2.24, 2.45) is 0 Å². The summed E-state index contributed by atoms with van der Waals surface area (Å²) in [6.07, 6.45) is 17.4. The van der Waals surface area contributed by atoms with Gasteiger partial charge in [0.15, 0.2) is 0 Å². The summed E-state index contributed by atoms with van der Waals surface area (Å²) < 4.78 is 2.32. The van der Waals surface area contributed by atoms with Gasteiger partial charge in [0.2, 0.25) is 0 Å². The zero-order chi connectivity index (χ0) is 36.7. The van der Waals surface area contributed by atoms with E-state index in [9.17, 15) is 0 Å². The number of aromatic nitrogens is 4. The van der Waals surface area contributed by atoms with Crippen molar-refractivity contribution in [2.45, 2.75) is 27.7 Å². The van der Waals surface area contributed by atoms with Crippen LogP contribution in [0.25, 0.3) is 73.2 Å². The van der Waals surface area contributed by atoms with Gasteiger partial charge in [0.05, 0.1) is 11.2 Å². The van der Waals surface area contributed by atoms with E-state index in [2.05, 4.69) is 169 Å². The Labute approximate surface area is 312 Å². The van der Waals surface area contributed by atoms with E-state index in [-0.39, 0.29) is 0 Å². The molecule has 4 heteroatoms. The molecule has 0 N–H and O–H groups in total. The third kappa shape index (κ3) is 7.40. The van der Waals surface area contributed by atoms with Crippen LogP contribution < -0.4 is 0 Å². The van der Waals surface area contributed by atoms with E-state index >= 15 is 0 Å². The summed E-state index contributed by atoms with van der Waals surface area (Å²) in [5.74, 6) is 0. The Hall–Kier alpha value is -6.65. The molecule has 0 radical (unpaired) electrons. The van der Waals surface area contributed by atoms with Crippen molar-refractivity contribution in [1.82, 2.24) is 19.5 Å². The third-order valence-corrected chi connectivity index (χ3v) is 9.54. The van der Waals surface area contributed by atoms with E-state index in [0.29, 0.717) is 0 Å². The molecule has 53 heavy (non-hydrogen) atoms. The molecule has 4 aromatic heterocycles. The Morgan fingerprint density at radius 2 is 1.06 bits per heavy atom. The fourth-order valence-electron chi connectivity index (χ4n) is 6.93. The van der Waals surface area contributed by atoms with Gasteiger partial charge in [-0.15, -0.1) is 0 Å². The van der Waals surface area contributed by atoms with Crippen LogP contribution in [0.15, 0.2) is 165 Å². The summed E-state index contributed by atoms with van der Waals surface area (Å²) in [6, 6.07) is 41.1. The van der Waals surface area contributed by atoms with Gasteiger partial charge in [0.1, 0.15) is 0 Å². The van der Waals surface area contributed by atoms with Crippen molar-refractivity contribution in [3.63, 3.8) is 0 Å². The molecule has 0 saturated carbocycles. The van der Waals surface area contributed by atoms with E-state index in [1.807, 2.05) is 55.4 Å². The molecule has 4 nitrogen and oxygen atoms in total. The van der Waals surface area contributed by atoms with E-state index in [1.54, 1.807) is 0 Å². The second kappa shape index (κ2) is 15.7. The van der Waals surface area contributed by atoms with Crippen LogP contribution in [0.3, 0.4) is 0 Å². The molecule has 4 heterocycles. The van der Waals surface area contributed by atoms with Crippen LogP contribution in [0.1, 0.15) is 34.9 Å². The number of nitrogens with zero attached hydrogens (tertiary/aromatic N) is 4. The van der Waals surface area contributed by atoms with Crippen molar-refractivity contribution in [2.75, 3.05) is 0 Å². The number of hydrogen-bond donors (Lipinski definition) is 0. The van der Waals surface area contributed by atoms with Gasteiger partial charge in [-0.25, -0.2) is 0 Å². The number of aryl methyl sites for hydroxylation is 3. The zero-order valence-electron chi connectivity index (χ0n) is 30.7. The normalized spacial score (nSPS) is 11.0. The monoisotopic (exact) mass is 686 g/mol. The van der Waals surface area contributed by atoms with Gasteiger partial charge in [-0.3, -0.25) is 15.0 Å². The summed E-state index contributed by atoms with van der Waals surface area (Å²) in [4.78, 5) is 12.7. The minimum atomic E-state index is 1.09. The van der Waals surface area contributed by atoms with Crippen LogP contribution >= 0.6 is 0 Å². The van der Waals surface area contributed by atoms with E-state index in [1.165, 1.54) is 50.1 Å². The average Bonchev–Trinajstić information content (AvgIpc) is 3.52. The van der Waals surface area contributed by atoms with Crippen molar-refractivity contribution in [3.05, 3.63) is 193 Å². The summed E-state index contributed by atoms with van der Waals surface area (Å²) in [6.45, 7) is 12.5. The van der Waals surface area contributed by atoms with Gasteiger partial charge in [-0.2, -0.15) is 0 Å². The molecule has 0 aliphatic heterocycles. The Balaban J connectivity index is 0.000000260. The number of benzene rings is 4. The van der Waals surface area contributed by atoms with Gasteiger partial charge >= 0.3 is 0 Å². The standard InChI is InChI=1S/C37H30N2.C12H12N2/c1-4-12-36-34(5-2)35-25-38-18-17-37(35)39(36)33-20-26(3)19-29(24-33)32-22-30(27-13-8-6-9-14-27)21-31(23-32)28-15-10-7-11-16-28;1-9-3-5-13-7-11(9)12-8-14-6-4-10(12)2/h4-25H,2H2,1,3H3;3-8H,1-2H3/b12-4-;. The highest BCUT2D eigenvalue weighted by molar-refractivity contribution is 5.95. The van der Waals surface area contributed by atoms with Crippen LogP contribution in [0.2, 0.25) is 0 Å². The summed E-state index contributed by atoms with van der Waals surface area (Å²) in [7, 11) is 0. The Morgan fingerprint density at radius 1 is 0.547 bits per heavy atom. The smallest absolute Gasteiger partial charge is 0.0571 e. The zero-order valence-corrected chi connectivity index (χ0v) is 30.7. The van der Waals surface area contributed by atoms with Gasteiger partial charge in [-0.1, -0.05) is 85.5 Å². The van der Waals surface area contributed by atoms with Crippen LogP contribution in [0.5, 0.6) is 0 Å². The Kier molecular flexibility index (Phi) is 10.3. The van der Waals surface area contributed by atoms with Crippen LogP contribution in [0.4, 0.5) is 0 Å². The Morgan fingerprint density at radius 3 is 1.58 bits per heavy atom. The minimum Gasteiger partial charge on any atom is -0.309 e. The first-order valence-electron chi connectivity index (χ1n) is 17.9. The highest BCUT2D eigenvalue weighted by atomic mass is 15.0. The lowest BCUT2D eigenvalue weighted by Gasteiger charge is -2.15. The molecule has 0 unspecified atom stereocenters. The lowest BCUT2D eigenvalue weighted by atomic mass is 9.92. The van der Waals surface area contributed by atoms with Crippen molar-refractivity contribution >= 4 is 23.1 Å². The second-order valence-electron chi connectivity index (χ2n) is 13.2. The first kappa shape index (κ1) is 34.8. The van der Waals surface area contributed by atoms with Crippen molar-refractivity contribution < 1.29 is 0 Å². The molecule has 4 aromatic carbocycles. The number of rotatable bonds is 7. The van der Waals surface area contributed by atoms with Gasteiger partial charge in [-0.05, 0) is 132 Å². The quantitative estimate of drug-likeness (QED) is 0.168. The van der Waals surface area contributed by atoms with Crippen LogP contribution in [-0.4, -0.2) is 19.5 Å². The maximum absolute atomic E-state index is 4.40. The lowest BCUT2D eigenvalue weighted by molar-refractivity contribution is 1.10. The van der Waals surface area contributed by atoms with Crippen LogP contribution in [0, 0.1) is 20.8 Å². The van der Waals surface area contributed by atoms with Gasteiger partial charge < -0.3 is 4.57 Å². The fraction of sp³-hybridized carbons (Fsp3) is 0.0816. The molecule has 0 aliphatic rings. The maximum atomic E-state index is 4.40. The van der Waals surface area contributed by atoms with Crippen molar-refractivity contribution in [1.29, 1.82) is 0 Å². The Bertz CT molecular complexity index is 2460. The number of fused-ring (bicyclic) bond motifs is 1. The van der Waals surface area contributed by atoms with Crippen LogP contribution in [-0.2, 0) is 0 Å². The predicted octanol–water partition coefficient (Wildman–Crippen LogP) is 12.8. The average molecular weight is 687 g/mol. The number of hydrogen-bond acceptors (Lipinski definition) is 3. The molecule has 0 atom stereocenters.